The third-order valence-electron chi connectivity index (χ3n) is 6.24. The first-order valence-electron chi connectivity index (χ1n) is 11.5. The standard InChI is InChI=1S/C22H23F6N7O3/c1-12(32-16-9-31-33-18(36)17(16)22(26,27)28)3-2-6-38-20(37)35-11-14-4-5-15(35)10-34(14)19-29-7-13(8-30-19)21(23,24)25/h2-3,7-9,12,14-15H,4-6,10-11H2,1H3,(H2,32,33,36)/b3-2+. The number of hydrogen-bond donors (Lipinski definition) is 2. The lowest BCUT2D eigenvalue weighted by molar-refractivity contribution is -0.139. The molecule has 3 fully saturated rings. The number of fused-ring (bicyclic) bond motifs is 3. The van der Waals surface area contributed by atoms with Crippen molar-refractivity contribution in [2.45, 2.75) is 50.2 Å². The average molecular weight is 547 g/mol. The molecule has 3 atom stereocenters. The van der Waals surface area contributed by atoms with Crippen LogP contribution in [-0.2, 0) is 17.1 Å². The topological polar surface area (TPSA) is 116 Å². The van der Waals surface area contributed by atoms with E-state index >= 15 is 0 Å². The van der Waals surface area contributed by atoms with Crippen LogP contribution in [0.2, 0.25) is 0 Å². The number of hydrogen-bond acceptors (Lipinski definition) is 8. The molecule has 2 N–H and O–H groups in total. The number of carbonyl (C=O) groups excluding carboxylic acids is 1. The van der Waals surface area contributed by atoms with E-state index in [0.29, 0.717) is 19.4 Å². The highest BCUT2D eigenvalue weighted by Gasteiger charge is 2.43. The molecule has 3 saturated heterocycles. The van der Waals surface area contributed by atoms with Crippen LogP contribution in [0.25, 0.3) is 0 Å². The van der Waals surface area contributed by atoms with Crippen molar-refractivity contribution in [1.29, 1.82) is 0 Å². The Morgan fingerprint density at radius 1 is 1.13 bits per heavy atom. The third kappa shape index (κ3) is 5.99. The van der Waals surface area contributed by atoms with Gasteiger partial charge in [-0.1, -0.05) is 6.08 Å². The number of piperazine rings is 1. The summed E-state index contributed by atoms with van der Waals surface area (Å²) in [5.41, 5.74) is -4.19. The maximum Gasteiger partial charge on any atom is 0.423 e. The quantitative estimate of drug-likeness (QED) is 0.418. The van der Waals surface area contributed by atoms with E-state index < -0.39 is 46.9 Å². The van der Waals surface area contributed by atoms with Gasteiger partial charge in [-0.15, -0.1) is 0 Å². The molecule has 2 aromatic rings. The van der Waals surface area contributed by atoms with Crippen LogP contribution in [0.3, 0.4) is 0 Å². The fourth-order valence-corrected chi connectivity index (χ4v) is 4.46. The predicted octanol–water partition coefficient (Wildman–Crippen LogP) is 3.44. The Morgan fingerprint density at radius 3 is 2.42 bits per heavy atom. The number of aromatic nitrogens is 4. The van der Waals surface area contributed by atoms with Gasteiger partial charge in [0.15, 0.2) is 0 Å². The Balaban J connectivity index is 1.29. The number of H-pyrrole nitrogens is 1. The Morgan fingerprint density at radius 2 is 1.82 bits per heavy atom. The largest absolute Gasteiger partial charge is 0.445 e. The molecule has 1 amide bonds. The van der Waals surface area contributed by atoms with E-state index in [2.05, 4.69) is 20.4 Å². The normalized spacial score (nSPS) is 20.6. The molecule has 5 rings (SSSR count). The fraction of sp³-hybridized carbons (Fsp3) is 0.500. The second-order valence-electron chi connectivity index (χ2n) is 8.88. The first-order valence-corrected chi connectivity index (χ1v) is 11.5. The summed E-state index contributed by atoms with van der Waals surface area (Å²) >= 11 is 0. The van der Waals surface area contributed by atoms with E-state index in [1.807, 2.05) is 0 Å². The molecule has 0 radical (unpaired) electrons. The van der Waals surface area contributed by atoms with Gasteiger partial charge < -0.3 is 19.9 Å². The van der Waals surface area contributed by atoms with Crippen LogP contribution < -0.4 is 15.8 Å². The van der Waals surface area contributed by atoms with E-state index in [1.54, 1.807) is 21.8 Å². The summed E-state index contributed by atoms with van der Waals surface area (Å²) in [7, 11) is 0. The third-order valence-corrected chi connectivity index (χ3v) is 6.24. The van der Waals surface area contributed by atoms with E-state index in [1.165, 1.54) is 12.2 Å². The summed E-state index contributed by atoms with van der Waals surface area (Å²) in [6, 6.07) is -1.08. The van der Waals surface area contributed by atoms with Gasteiger partial charge in [-0.25, -0.2) is 19.9 Å². The van der Waals surface area contributed by atoms with Crippen molar-refractivity contribution in [3.63, 3.8) is 0 Å². The molecule has 16 heteroatoms. The number of aromatic amines is 1. The first-order chi connectivity index (χ1) is 17.8. The van der Waals surface area contributed by atoms with Crippen LogP contribution in [0.15, 0.2) is 35.5 Å². The summed E-state index contributed by atoms with van der Waals surface area (Å²) in [6.45, 7) is 2.02. The fourth-order valence-electron chi connectivity index (χ4n) is 4.46. The summed E-state index contributed by atoms with van der Waals surface area (Å²) in [4.78, 5) is 35.2. The highest BCUT2D eigenvalue weighted by molar-refractivity contribution is 5.69. The highest BCUT2D eigenvalue weighted by atomic mass is 19.4. The summed E-state index contributed by atoms with van der Waals surface area (Å²) < 4.78 is 83.1. The predicted molar refractivity (Wildman–Crippen MR) is 121 cm³/mol. The van der Waals surface area contributed by atoms with Crippen LogP contribution in [-0.4, -0.2) is 69.0 Å². The van der Waals surface area contributed by atoms with Crippen LogP contribution in [0.5, 0.6) is 0 Å². The Kier molecular flexibility index (Phi) is 7.51. The minimum absolute atomic E-state index is 0.149. The highest BCUT2D eigenvalue weighted by Crippen LogP contribution is 2.34. The Hall–Kier alpha value is -3.85. The zero-order valence-electron chi connectivity index (χ0n) is 19.9. The molecule has 206 valence electrons. The van der Waals surface area contributed by atoms with Gasteiger partial charge in [0.05, 0.1) is 23.5 Å². The molecule has 10 nitrogen and oxygen atoms in total. The van der Waals surface area contributed by atoms with E-state index in [4.69, 9.17) is 4.74 Å². The lowest BCUT2D eigenvalue weighted by Gasteiger charge is -2.50. The van der Waals surface area contributed by atoms with Crippen molar-refractivity contribution in [3.05, 3.63) is 52.2 Å². The van der Waals surface area contributed by atoms with Gasteiger partial charge >= 0.3 is 18.4 Å². The van der Waals surface area contributed by atoms with Crippen molar-refractivity contribution in [2.24, 2.45) is 0 Å². The Labute approximate surface area is 211 Å². The maximum atomic E-state index is 13.2. The summed E-state index contributed by atoms with van der Waals surface area (Å²) in [5.74, 6) is 0.162. The second-order valence-corrected chi connectivity index (χ2v) is 8.88. The lowest BCUT2D eigenvalue weighted by atomic mass is 9.91. The zero-order chi connectivity index (χ0) is 27.7. The van der Waals surface area contributed by atoms with Gasteiger partial charge in [0.1, 0.15) is 12.2 Å². The number of anilines is 2. The van der Waals surface area contributed by atoms with Crippen LogP contribution in [0.1, 0.15) is 30.9 Å². The molecule has 5 heterocycles. The number of nitrogens with one attached hydrogen (secondary N) is 2. The Bertz CT molecular complexity index is 1230. The number of piperidine rings is 2. The molecule has 0 aromatic carbocycles. The number of nitrogens with zero attached hydrogens (tertiary/aromatic N) is 5. The number of ether oxygens (including phenoxy) is 1. The number of rotatable bonds is 6. The van der Waals surface area contributed by atoms with E-state index in [-0.39, 0.29) is 31.2 Å². The number of carbonyl (C=O) groups is 1. The number of halogens is 6. The van der Waals surface area contributed by atoms with Gasteiger partial charge in [0, 0.05) is 37.6 Å². The van der Waals surface area contributed by atoms with Crippen LogP contribution >= 0.6 is 0 Å². The van der Waals surface area contributed by atoms with E-state index in [0.717, 1.165) is 18.6 Å². The maximum absolute atomic E-state index is 13.2. The van der Waals surface area contributed by atoms with Gasteiger partial charge in [-0.2, -0.15) is 31.4 Å². The molecular weight excluding hydrogens is 524 g/mol. The van der Waals surface area contributed by atoms with Gasteiger partial charge in [-0.05, 0) is 25.8 Å². The van der Waals surface area contributed by atoms with E-state index in [9.17, 15) is 35.9 Å². The number of amides is 1. The molecular formula is C22H23F6N7O3. The summed E-state index contributed by atoms with van der Waals surface area (Å²) in [5, 5.41) is 7.68. The SMILES string of the molecule is CC(/C=C/COC(=O)N1CC2CCC1CN2c1ncc(C(F)(F)F)cn1)Nc1cn[nH]c(=O)c1C(F)(F)F. The molecule has 3 unspecified atom stereocenters. The molecule has 0 spiro atoms. The van der Waals surface area contributed by atoms with Crippen molar-refractivity contribution < 1.29 is 35.9 Å². The molecule has 3 aliphatic heterocycles. The minimum Gasteiger partial charge on any atom is -0.445 e. The lowest BCUT2D eigenvalue weighted by Crippen LogP contribution is -2.64. The van der Waals surface area contributed by atoms with Gasteiger partial charge in [0.2, 0.25) is 5.95 Å². The van der Waals surface area contributed by atoms with Gasteiger partial charge in [0.25, 0.3) is 5.56 Å². The monoisotopic (exact) mass is 547 g/mol. The zero-order valence-corrected chi connectivity index (χ0v) is 19.9. The van der Waals surface area contributed by atoms with Crippen molar-refractivity contribution in [3.8, 4) is 0 Å². The van der Waals surface area contributed by atoms with Crippen molar-refractivity contribution in [2.75, 3.05) is 29.9 Å². The van der Waals surface area contributed by atoms with Crippen LogP contribution in [0, 0.1) is 0 Å². The molecule has 2 bridgehead atoms. The molecule has 2 aromatic heterocycles. The second kappa shape index (κ2) is 10.5. The summed E-state index contributed by atoms with van der Waals surface area (Å²) in [6.07, 6.45) is -3.36. The van der Waals surface area contributed by atoms with Crippen LogP contribution in [0.4, 0.5) is 42.8 Å². The molecule has 38 heavy (non-hydrogen) atoms. The van der Waals surface area contributed by atoms with Crippen molar-refractivity contribution >= 4 is 17.7 Å². The minimum atomic E-state index is -4.88. The first kappa shape index (κ1) is 27.2. The van der Waals surface area contributed by atoms with Gasteiger partial charge in [-0.3, -0.25) is 4.79 Å². The molecule has 0 aliphatic carbocycles. The molecule has 0 saturated carbocycles. The molecule has 3 aliphatic rings. The smallest absolute Gasteiger partial charge is 0.423 e. The number of alkyl halides is 6. The van der Waals surface area contributed by atoms with Crippen molar-refractivity contribution in [1.82, 2.24) is 25.1 Å². The average Bonchev–Trinajstić information content (AvgIpc) is 2.85.